The second-order valence-electron chi connectivity index (χ2n) is 12.2. The van der Waals surface area contributed by atoms with Gasteiger partial charge in [0.25, 0.3) is 5.91 Å². The van der Waals surface area contributed by atoms with Crippen LogP contribution in [0.3, 0.4) is 0 Å². The summed E-state index contributed by atoms with van der Waals surface area (Å²) in [5.41, 5.74) is -2.38. The third-order valence-electron chi connectivity index (χ3n) is 10.0. The Morgan fingerprint density at radius 3 is 2.63 bits per heavy atom. The van der Waals surface area contributed by atoms with Gasteiger partial charge in [0.15, 0.2) is 11.3 Å². The highest BCUT2D eigenvalue weighted by Crippen LogP contribution is 2.68. The molecule has 6 aliphatic heterocycles. The van der Waals surface area contributed by atoms with Crippen molar-refractivity contribution < 1.29 is 23.9 Å². The molecule has 35 heavy (non-hydrogen) atoms. The van der Waals surface area contributed by atoms with Crippen LogP contribution in [-0.2, 0) is 14.3 Å². The SMILES string of the molecule is COC1C23NC(=O)C4(CCCN4C2=O)CC3C(C)(C)C12Nc1c(ccc3c1C=CC(C)(C)O3)C2=O. The third-order valence-corrected chi connectivity index (χ3v) is 10.0. The molecule has 0 aromatic heterocycles. The van der Waals surface area contributed by atoms with Crippen LogP contribution in [-0.4, -0.2) is 64.5 Å². The van der Waals surface area contributed by atoms with Gasteiger partial charge < -0.3 is 25.0 Å². The van der Waals surface area contributed by atoms with Crippen LogP contribution in [0.1, 0.15) is 62.9 Å². The number of hydrogen-bond acceptors (Lipinski definition) is 6. The van der Waals surface area contributed by atoms with E-state index < -0.39 is 33.7 Å². The number of rotatable bonds is 1. The number of nitrogens with zero attached hydrogens (tertiary/aromatic N) is 1. The van der Waals surface area contributed by atoms with Crippen LogP contribution in [0.15, 0.2) is 18.2 Å². The van der Waals surface area contributed by atoms with Crippen molar-refractivity contribution in [3.05, 3.63) is 29.3 Å². The number of carbonyl (C=O) groups excluding carboxylic acids is 3. The molecule has 5 fully saturated rings. The van der Waals surface area contributed by atoms with Gasteiger partial charge >= 0.3 is 0 Å². The maximum Gasteiger partial charge on any atom is 0.252 e. The van der Waals surface area contributed by atoms with Crippen molar-refractivity contribution in [3.8, 4) is 5.75 Å². The number of amides is 2. The summed E-state index contributed by atoms with van der Waals surface area (Å²) in [6, 6.07) is 3.66. The molecule has 1 aromatic carbocycles. The first-order valence-corrected chi connectivity index (χ1v) is 12.5. The minimum absolute atomic E-state index is 0.0997. The summed E-state index contributed by atoms with van der Waals surface area (Å²) in [7, 11) is 1.54. The number of piperazine rings is 1. The monoisotopic (exact) mass is 477 g/mol. The topological polar surface area (TPSA) is 97.0 Å². The number of methoxy groups -OCH3 is 1. The molecule has 7 aliphatic rings. The number of anilines is 1. The summed E-state index contributed by atoms with van der Waals surface area (Å²) in [4.78, 5) is 43.8. The number of hydrogen-bond donors (Lipinski definition) is 2. The quantitative estimate of drug-likeness (QED) is 0.645. The Bertz CT molecular complexity index is 1280. The highest BCUT2D eigenvalue weighted by atomic mass is 16.5. The molecule has 8 rings (SSSR count). The van der Waals surface area contributed by atoms with Crippen LogP contribution in [0.5, 0.6) is 5.75 Å². The molecule has 184 valence electrons. The van der Waals surface area contributed by atoms with Crippen molar-refractivity contribution >= 4 is 29.4 Å². The normalized spacial score (nSPS) is 40.7. The van der Waals surface area contributed by atoms with E-state index in [0.29, 0.717) is 36.4 Å². The van der Waals surface area contributed by atoms with E-state index in [1.807, 2.05) is 52.0 Å². The number of fused-ring (bicyclic) bond motifs is 4. The van der Waals surface area contributed by atoms with Gasteiger partial charge in [-0.2, -0.15) is 0 Å². The average Bonchev–Trinajstić information content (AvgIpc) is 3.40. The fourth-order valence-corrected chi connectivity index (χ4v) is 8.42. The molecule has 8 heteroatoms. The molecule has 1 aromatic rings. The fraction of sp³-hybridized carbons (Fsp3) is 0.593. The summed E-state index contributed by atoms with van der Waals surface area (Å²) in [6.45, 7) is 8.64. The Labute approximate surface area is 204 Å². The van der Waals surface area contributed by atoms with Crippen molar-refractivity contribution in [2.24, 2.45) is 11.3 Å². The first-order valence-electron chi connectivity index (χ1n) is 12.5. The zero-order valence-corrected chi connectivity index (χ0v) is 20.8. The summed E-state index contributed by atoms with van der Waals surface area (Å²) >= 11 is 0. The van der Waals surface area contributed by atoms with Crippen molar-refractivity contribution in [3.63, 3.8) is 0 Å². The molecule has 5 unspecified atom stereocenters. The molecule has 2 amide bonds. The Balaban J connectivity index is 1.44. The van der Waals surface area contributed by atoms with Crippen LogP contribution in [0.25, 0.3) is 6.08 Å². The van der Waals surface area contributed by atoms with Gasteiger partial charge in [0.05, 0.1) is 5.69 Å². The molecule has 8 nitrogen and oxygen atoms in total. The predicted molar refractivity (Wildman–Crippen MR) is 128 cm³/mol. The lowest BCUT2D eigenvalue weighted by Gasteiger charge is -2.59. The number of piperidine rings is 2. The van der Waals surface area contributed by atoms with Crippen molar-refractivity contribution in [2.45, 2.75) is 75.3 Å². The summed E-state index contributed by atoms with van der Waals surface area (Å²) in [6.07, 6.45) is 5.12. The number of benzene rings is 1. The lowest BCUT2D eigenvalue weighted by Crippen LogP contribution is -2.84. The maximum absolute atomic E-state index is 14.4. The smallest absolute Gasteiger partial charge is 0.252 e. The lowest BCUT2D eigenvalue weighted by atomic mass is 9.59. The number of nitrogens with one attached hydrogen (secondary N) is 2. The molecular weight excluding hydrogens is 446 g/mol. The highest BCUT2D eigenvalue weighted by Gasteiger charge is 2.85. The summed E-state index contributed by atoms with van der Waals surface area (Å²) in [5.74, 6) is 0.128. The molecular formula is C27H31N3O5. The van der Waals surface area contributed by atoms with Crippen molar-refractivity contribution in [2.75, 3.05) is 19.0 Å². The Morgan fingerprint density at radius 1 is 1.11 bits per heavy atom. The van der Waals surface area contributed by atoms with E-state index in [9.17, 15) is 14.4 Å². The van der Waals surface area contributed by atoms with E-state index in [1.54, 1.807) is 12.0 Å². The van der Waals surface area contributed by atoms with Crippen LogP contribution < -0.4 is 15.4 Å². The Hall–Kier alpha value is -2.87. The molecule has 5 atom stereocenters. The highest BCUT2D eigenvalue weighted by molar-refractivity contribution is 6.18. The summed E-state index contributed by atoms with van der Waals surface area (Å²) in [5, 5.41) is 6.76. The lowest BCUT2D eigenvalue weighted by molar-refractivity contribution is -0.181. The van der Waals surface area contributed by atoms with Gasteiger partial charge in [-0.25, -0.2) is 0 Å². The Morgan fingerprint density at radius 2 is 1.89 bits per heavy atom. The minimum Gasteiger partial charge on any atom is -0.483 e. The number of carbonyl (C=O) groups is 3. The van der Waals surface area contributed by atoms with Gasteiger partial charge in [0.1, 0.15) is 28.5 Å². The van der Waals surface area contributed by atoms with Crippen LogP contribution in [0.4, 0.5) is 5.69 Å². The third kappa shape index (κ3) is 2.03. The van der Waals surface area contributed by atoms with Gasteiger partial charge in [-0.3, -0.25) is 14.4 Å². The number of ketones is 1. The standard InChI is InChI=1S/C27H31N3O5/c1-23(2)11-9-14-16(35-23)8-7-15-18(14)28-27(19(15)31)20(34-5)26-17(24(27,3)4)13-25(21(32)29-26)10-6-12-30(25)22(26)33/h7-9,11,17,20,28H,6,10,12-13H2,1-5H3,(H,29,32). The van der Waals surface area contributed by atoms with Gasteiger partial charge in [0.2, 0.25) is 5.91 Å². The van der Waals surface area contributed by atoms with E-state index in [4.69, 9.17) is 9.47 Å². The van der Waals surface area contributed by atoms with Gasteiger partial charge in [-0.1, -0.05) is 13.8 Å². The van der Waals surface area contributed by atoms with Gasteiger partial charge in [0, 0.05) is 36.1 Å². The zero-order chi connectivity index (χ0) is 24.8. The molecule has 1 saturated carbocycles. The fourth-order valence-electron chi connectivity index (χ4n) is 8.42. The van der Waals surface area contributed by atoms with E-state index in [2.05, 4.69) is 10.6 Å². The second kappa shape index (κ2) is 5.91. The molecule has 1 aliphatic carbocycles. The molecule has 0 radical (unpaired) electrons. The molecule has 4 saturated heterocycles. The first-order chi connectivity index (χ1) is 16.5. The largest absolute Gasteiger partial charge is 0.483 e. The molecule has 6 heterocycles. The molecule has 3 spiro atoms. The van der Waals surface area contributed by atoms with Gasteiger partial charge in [-0.15, -0.1) is 0 Å². The van der Waals surface area contributed by atoms with E-state index >= 15 is 0 Å². The first kappa shape index (κ1) is 21.4. The van der Waals surface area contributed by atoms with E-state index in [1.165, 1.54) is 0 Å². The van der Waals surface area contributed by atoms with Crippen molar-refractivity contribution in [1.29, 1.82) is 0 Å². The van der Waals surface area contributed by atoms with Crippen LogP contribution in [0.2, 0.25) is 0 Å². The van der Waals surface area contributed by atoms with Crippen molar-refractivity contribution in [1.82, 2.24) is 10.2 Å². The summed E-state index contributed by atoms with van der Waals surface area (Å²) < 4.78 is 12.3. The van der Waals surface area contributed by atoms with Crippen LogP contribution in [0, 0.1) is 11.3 Å². The number of ether oxygens (including phenoxy) is 2. The number of Topliss-reactive ketones (excluding diaryl/α,β-unsaturated/α-hetero) is 1. The predicted octanol–water partition coefficient (Wildman–Crippen LogP) is 2.52. The zero-order valence-electron chi connectivity index (χ0n) is 20.8. The van der Waals surface area contributed by atoms with Gasteiger partial charge in [-0.05, 0) is 57.4 Å². The maximum atomic E-state index is 14.4. The Kier molecular flexibility index (Phi) is 3.62. The molecule has 2 bridgehead atoms. The average molecular weight is 478 g/mol. The van der Waals surface area contributed by atoms with E-state index in [0.717, 1.165) is 12.0 Å². The van der Waals surface area contributed by atoms with Crippen LogP contribution >= 0.6 is 0 Å². The minimum atomic E-state index is -1.29. The van der Waals surface area contributed by atoms with E-state index in [-0.39, 0.29) is 23.5 Å². The molecule has 2 N–H and O–H groups in total. The second-order valence-corrected chi connectivity index (χ2v) is 12.2.